The van der Waals surface area contributed by atoms with E-state index in [2.05, 4.69) is 19.4 Å². The Bertz CT molecular complexity index is 3340. The molecular weight excluding hydrogens is 1210 g/mol. The van der Waals surface area contributed by atoms with Crippen LogP contribution in [0.25, 0.3) is 22.3 Å². The van der Waals surface area contributed by atoms with Crippen LogP contribution in [0, 0.1) is 0 Å². The first-order chi connectivity index (χ1) is 43.6. The fourth-order valence-electron chi connectivity index (χ4n) is 8.83. The Morgan fingerprint density at radius 1 is 0.451 bits per heavy atom. The van der Waals surface area contributed by atoms with Crippen LogP contribution in [0.1, 0.15) is 68.6 Å². The number of hydrogen-bond donors (Lipinski definition) is 0. The molecular formula is C60H60N4O27. The summed E-state index contributed by atoms with van der Waals surface area (Å²) in [5, 5.41) is 0. The molecule has 31 nitrogen and oxygen atoms in total. The molecule has 0 atom stereocenters. The van der Waals surface area contributed by atoms with Crippen molar-refractivity contribution in [1.29, 1.82) is 0 Å². The predicted molar refractivity (Wildman–Crippen MR) is 302 cm³/mol. The van der Waals surface area contributed by atoms with Crippen LogP contribution < -0.4 is 23.8 Å². The van der Waals surface area contributed by atoms with Gasteiger partial charge in [-0.05, 0) is 53.6 Å². The molecule has 0 amide bonds. The summed E-state index contributed by atoms with van der Waals surface area (Å²) < 4.78 is 87.6. The van der Waals surface area contributed by atoms with E-state index in [0.29, 0.717) is 22.3 Å². The standard InChI is InChI=1S/C60H60N4O27/c1-35(65)78-29-84-49-23-51-46(21-43(49)41-9-13-61-14-10-41)60(47-22-44(42-11-15-62-16-12-42)50(24-52(47)90-51)85-30-79-36(2)66)45-7-8-48(64(27-55(73)88-33-82-39(5)69)28-56(74)89-34-83-40(6)70)58(57(45)59(75)91-60)77-20-19-76-18-17-63(25-53(71)86-31-80-37(3)67)26-54(72)87-32-81-38(4)68/h7-16,21-24H,17-20,25-34H2,1-6H3. The number of carbonyl (C=O) groups is 11. The number of anilines is 1. The molecule has 7 rings (SSSR count). The monoisotopic (exact) mass is 1270 g/mol. The molecule has 482 valence electrons. The summed E-state index contributed by atoms with van der Waals surface area (Å²) >= 11 is 0. The zero-order chi connectivity index (χ0) is 65.6. The Hall–Kier alpha value is -11.0. The summed E-state index contributed by atoms with van der Waals surface area (Å²) in [6, 6.07) is 15.7. The Morgan fingerprint density at radius 2 is 0.857 bits per heavy atom. The largest absolute Gasteiger partial charge is 0.488 e. The number of pyridine rings is 2. The van der Waals surface area contributed by atoms with Crippen LogP contribution in [0.5, 0.6) is 28.7 Å². The summed E-state index contributed by atoms with van der Waals surface area (Å²) in [6.45, 7) is -1.39. The van der Waals surface area contributed by atoms with Gasteiger partial charge in [0.1, 0.15) is 48.3 Å². The normalized spacial score (nSPS) is 12.0. The van der Waals surface area contributed by atoms with Gasteiger partial charge < -0.3 is 80.7 Å². The van der Waals surface area contributed by atoms with Crippen LogP contribution in [0.3, 0.4) is 0 Å². The minimum Gasteiger partial charge on any atom is -0.488 e. The minimum atomic E-state index is -2.08. The topological polar surface area (TPSA) is 368 Å². The lowest BCUT2D eigenvalue weighted by Crippen LogP contribution is -2.39. The minimum absolute atomic E-state index is 0.0170. The molecule has 31 heteroatoms. The Kier molecular flexibility index (Phi) is 24.0. The molecule has 0 radical (unpaired) electrons. The van der Waals surface area contributed by atoms with Gasteiger partial charge in [0, 0.05) is 113 Å². The van der Waals surface area contributed by atoms with Gasteiger partial charge in [-0.25, -0.2) is 4.79 Å². The average molecular weight is 1270 g/mol. The van der Waals surface area contributed by atoms with Gasteiger partial charge in [-0.2, -0.15) is 0 Å². The van der Waals surface area contributed by atoms with E-state index in [1.165, 1.54) is 67.8 Å². The quantitative estimate of drug-likeness (QED) is 0.0255. The molecule has 0 bridgehead atoms. The highest BCUT2D eigenvalue weighted by Gasteiger charge is 2.56. The highest BCUT2D eigenvalue weighted by Crippen LogP contribution is 2.61. The number of ether oxygens (including phenoxy) is 16. The van der Waals surface area contributed by atoms with Gasteiger partial charge in [0.05, 0.1) is 32.0 Å². The van der Waals surface area contributed by atoms with Crippen molar-refractivity contribution in [1.82, 2.24) is 14.9 Å². The molecule has 0 saturated heterocycles. The lowest BCUT2D eigenvalue weighted by molar-refractivity contribution is -0.170. The predicted octanol–water partition coefficient (Wildman–Crippen LogP) is 3.94. The van der Waals surface area contributed by atoms with Gasteiger partial charge >= 0.3 is 65.7 Å². The molecule has 3 aromatic carbocycles. The SMILES string of the molecule is CC(=O)OCOC(=O)CN(CCOCCOc1c(N(CC(=O)OCOC(C)=O)CC(=O)OCOC(C)=O)ccc2c1C(=O)OC21c2cc(-c3ccncc3)c(OCOC(C)=O)cc2Oc2cc(OCOC(C)=O)c(-c3ccncc3)cc21)CC(=O)OCOC(C)=O. The zero-order valence-corrected chi connectivity index (χ0v) is 49.8. The first kappa shape index (κ1) is 67.6. The maximum Gasteiger partial charge on any atom is 0.344 e. The van der Waals surface area contributed by atoms with Crippen molar-refractivity contribution < 1.29 is 129 Å². The van der Waals surface area contributed by atoms with Crippen molar-refractivity contribution in [2.24, 2.45) is 0 Å². The first-order valence-electron chi connectivity index (χ1n) is 27.3. The van der Waals surface area contributed by atoms with Crippen LogP contribution in [0.15, 0.2) is 85.5 Å². The maximum absolute atomic E-state index is 15.5. The number of aromatic nitrogens is 2. The zero-order valence-electron chi connectivity index (χ0n) is 49.8. The third-order valence-corrected chi connectivity index (χ3v) is 12.7. The fourth-order valence-corrected chi connectivity index (χ4v) is 8.83. The van der Waals surface area contributed by atoms with Gasteiger partial charge in [-0.1, -0.05) is 6.07 Å². The summed E-state index contributed by atoms with van der Waals surface area (Å²) in [4.78, 5) is 149. The van der Waals surface area contributed by atoms with E-state index in [1.807, 2.05) is 0 Å². The Labute approximate surface area is 517 Å². The van der Waals surface area contributed by atoms with Crippen LogP contribution in [0.4, 0.5) is 5.69 Å². The third-order valence-electron chi connectivity index (χ3n) is 12.7. The summed E-state index contributed by atoms with van der Waals surface area (Å²) in [5.41, 5.74) is -0.370. The smallest absolute Gasteiger partial charge is 0.344 e. The van der Waals surface area contributed by atoms with Crippen molar-refractivity contribution >= 4 is 71.3 Å². The lowest BCUT2D eigenvalue weighted by atomic mass is 9.75. The van der Waals surface area contributed by atoms with Crippen LogP contribution in [0.2, 0.25) is 0 Å². The van der Waals surface area contributed by atoms with E-state index in [0.717, 1.165) is 32.6 Å². The van der Waals surface area contributed by atoms with E-state index in [4.69, 9.17) is 66.3 Å². The highest BCUT2D eigenvalue weighted by molar-refractivity contribution is 6.03. The van der Waals surface area contributed by atoms with E-state index >= 15 is 4.79 Å². The van der Waals surface area contributed by atoms with Gasteiger partial charge in [0.15, 0.2) is 11.4 Å². The van der Waals surface area contributed by atoms with E-state index in [1.54, 1.807) is 36.4 Å². The van der Waals surface area contributed by atoms with Gasteiger partial charge in [0.25, 0.3) is 0 Å². The molecule has 0 fully saturated rings. The van der Waals surface area contributed by atoms with Crippen LogP contribution in [-0.2, 0) is 110 Å². The second kappa shape index (κ2) is 32.3. The van der Waals surface area contributed by atoms with Crippen molar-refractivity contribution in [2.45, 2.75) is 47.1 Å². The number of hydrogen-bond acceptors (Lipinski definition) is 31. The van der Waals surface area contributed by atoms with Crippen molar-refractivity contribution in [3.63, 3.8) is 0 Å². The van der Waals surface area contributed by atoms with Gasteiger partial charge in [-0.3, -0.25) is 62.8 Å². The fraction of sp³-hybridized carbons (Fsp3) is 0.350. The van der Waals surface area contributed by atoms with Crippen LogP contribution >= 0.6 is 0 Å². The number of fused-ring (bicyclic) bond motifs is 6. The Balaban J connectivity index is 1.38. The van der Waals surface area contributed by atoms with Crippen LogP contribution in [-0.4, -0.2) is 174 Å². The Morgan fingerprint density at radius 3 is 1.27 bits per heavy atom. The molecule has 2 aromatic heterocycles. The third kappa shape index (κ3) is 18.8. The number of carbonyl (C=O) groups excluding carboxylic acids is 11. The van der Waals surface area contributed by atoms with E-state index < -0.39 is 145 Å². The lowest BCUT2D eigenvalue weighted by Gasteiger charge is -2.38. The number of esters is 11. The number of nitrogens with zero attached hydrogens (tertiary/aromatic N) is 4. The molecule has 2 aliphatic heterocycles. The number of rotatable bonds is 32. The van der Waals surface area contributed by atoms with Gasteiger partial charge in [0.2, 0.25) is 40.8 Å². The van der Waals surface area contributed by atoms with E-state index in [-0.39, 0.29) is 76.4 Å². The van der Waals surface area contributed by atoms with Gasteiger partial charge in [-0.15, -0.1) is 0 Å². The van der Waals surface area contributed by atoms with Crippen molar-refractivity contribution in [3.05, 3.63) is 108 Å². The first-order valence-corrected chi connectivity index (χ1v) is 27.3. The summed E-state index contributed by atoms with van der Waals surface area (Å²) in [5.74, 6) is -9.44. The summed E-state index contributed by atoms with van der Waals surface area (Å²) in [6.07, 6.45) is 6.07. The maximum atomic E-state index is 15.5. The molecule has 0 aliphatic carbocycles. The van der Waals surface area contributed by atoms with Crippen molar-refractivity contribution in [3.8, 4) is 51.0 Å². The molecule has 0 unspecified atom stereocenters. The second-order valence-corrected chi connectivity index (χ2v) is 19.1. The second-order valence-electron chi connectivity index (χ2n) is 19.1. The van der Waals surface area contributed by atoms with Crippen molar-refractivity contribution in [2.75, 3.05) is 98.2 Å². The molecule has 1 spiro atoms. The molecule has 91 heavy (non-hydrogen) atoms. The number of benzene rings is 3. The molecule has 0 N–H and O–H groups in total. The molecule has 2 aliphatic rings. The average Bonchev–Trinajstić information content (AvgIpc) is 1.26. The highest BCUT2D eigenvalue weighted by atomic mass is 16.7. The molecule has 0 saturated carbocycles. The summed E-state index contributed by atoms with van der Waals surface area (Å²) in [7, 11) is 0. The van der Waals surface area contributed by atoms with E-state index in [9.17, 15) is 47.9 Å². The molecule has 5 aromatic rings. The molecule has 4 heterocycles.